The van der Waals surface area contributed by atoms with Gasteiger partial charge in [-0.3, -0.25) is 0 Å². The Morgan fingerprint density at radius 3 is 2.70 bits per heavy atom. The molecule has 8 heteroatoms. The molecule has 0 saturated carbocycles. The van der Waals surface area contributed by atoms with Gasteiger partial charge in [0.1, 0.15) is 17.7 Å². The summed E-state index contributed by atoms with van der Waals surface area (Å²) < 4.78 is 10.2. The van der Waals surface area contributed by atoms with Gasteiger partial charge in [-0.05, 0) is 6.92 Å². The van der Waals surface area contributed by atoms with Crippen molar-refractivity contribution in [2.75, 3.05) is 26.6 Å². The summed E-state index contributed by atoms with van der Waals surface area (Å²) >= 11 is 0. The highest BCUT2D eigenvalue weighted by atomic mass is 16.5. The van der Waals surface area contributed by atoms with Gasteiger partial charge in [0.25, 0.3) is 0 Å². The maximum Gasteiger partial charge on any atom is 0.222 e. The average Bonchev–Trinajstić information content (AvgIpc) is 2.43. The average molecular weight is 279 g/mol. The smallest absolute Gasteiger partial charge is 0.222 e. The van der Waals surface area contributed by atoms with Crippen molar-refractivity contribution in [3.05, 3.63) is 17.6 Å². The van der Waals surface area contributed by atoms with Gasteiger partial charge >= 0.3 is 0 Å². The maximum absolute atomic E-state index is 10.2. The van der Waals surface area contributed by atoms with Gasteiger partial charge in [-0.25, -0.2) is 15.0 Å². The fourth-order valence-electron chi connectivity index (χ4n) is 1.86. The summed E-state index contributed by atoms with van der Waals surface area (Å²) in [7, 11) is 3.03. The van der Waals surface area contributed by atoms with Crippen LogP contribution in [0.1, 0.15) is 17.5 Å². The van der Waals surface area contributed by atoms with Crippen LogP contribution in [0.4, 0.5) is 5.95 Å². The van der Waals surface area contributed by atoms with Crippen molar-refractivity contribution in [3.63, 3.8) is 0 Å². The summed E-state index contributed by atoms with van der Waals surface area (Å²) in [6.45, 7) is 2.00. The van der Waals surface area contributed by atoms with Crippen LogP contribution in [-0.4, -0.2) is 52.0 Å². The standard InChI is InChI=1S/C12H17N5O3/c1-6-9-11(17-12(13)15-6)14-4-7(16-9)10(18)8(20-3)5-19-2/h4,8,10,18H,5H2,1-3H3,(H2,13,14,15,17). The molecule has 0 aliphatic carbocycles. The predicted octanol–water partition coefficient (Wildman–Crippen LogP) is 0.00522. The van der Waals surface area contributed by atoms with E-state index in [4.69, 9.17) is 15.2 Å². The number of aliphatic hydroxyl groups excluding tert-OH is 1. The Kier molecular flexibility index (Phi) is 4.38. The zero-order valence-corrected chi connectivity index (χ0v) is 11.6. The van der Waals surface area contributed by atoms with Crippen LogP contribution in [0.3, 0.4) is 0 Å². The number of fused-ring (bicyclic) bond motifs is 1. The predicted molar refractivity (Wildman–Crippen MR) is 71.9 cm³/mol. The van der Waals surface area contributed by atoms with Crippen molar-refractivity contribution in [2.24, 2.45) is 0 Å². The molecule has 0 bridgehead atoms. The molecule has 2 heterocycles. The van der Waals surface area contributed by atoms with E-state index in [1.54, 1.807) is 6.92 Å². The lowest BCUT2D eigenvalue weighted by Crippen LogP contribution is -2.26. The Morgan fingerprint density at radius 2 is 2.05 bits per heavy atom. The van der Waals surface area contributed by atoms with Crippen molar-refractivity contribution < 1.29 is 14.6 Å². The summed E-state index contributed by atoms with van der Waals surface area (Å²) in [5.74, 6) is 0.145. The zero-order chi connectivity index (χ0) is 14.7. The Hall–Kier alpha value is -1.90. The molecule has 2 aromatic heterocycles. The van der Waals surface area contributed by atoms with E-state index in [2.05, 4.69) is 19.9 Å². The molecule has 108 valence electrons. The van der Waals surface area contributed by atoms with Crippen molar-refractivity contribution >= 4 is 17.1 Å². The highest BCUT2D eigenvalue weighted by molar-refractivity contribution is 5.73. The lowest BCUT2D eigenvalue weighted by atomic mass is 10.1. The van der Waals surface area contributed by atoms with Crippen molar-refractivity contribution in [3.8, 4) is 0 Å². The molecule has 0 radical (unpaired) electrons. The quantitative estimate of drug-likeness (QED) is 0.786. The number of hydrogen-bond acceptors (Lipinski definition) is 8. The highest BCUT2D eigenvalue weighted by Crippen LogP contribution is 2.20. The van der Waals surface area contributed by atoms with Crippen molar-refractivity contribution in [1.29, 1.82) is 0 Å². The van der Waals surface area contributed by atoms with Gasteiger partial charge in [0.15, 0.2) is 5.65 Å². The van der Waals surface area contributed by atoms with Crippen LogP contribution in [0.25, 0.3) is 11.2 Å². The number of methoxy groups -OCH3 is 2. The van der Waals surface area contributed by atoms with Gasteiger partial charge in [0.05, 0.1) is 24.2 Å². The van der Waals surface area contributed by atoms with E-state index in [1.165, 1.54) is 20.4 Å². The molecule has 0 fully saturated rings. The number of aromatic nitrogens is 4. The van der Waals surface area contributed by atoms with E-state index in [0.717, 1.165) is 0 Å². The molecule has 2 rings (SSSR count). The third kappa shape index (κ3) is 2.82. The molecule has 0 amide bonds. The highest BCUT2D eigenvalue weighted by Gasteiger charge is 2.23. The molecule has 20 heavy (non-hydrogen) atoms. The molecule has 0 saturated heterocycles. The molecule has 2 aromatic rings. The van der Waals surface area contributed by atoms with E-state index in [1.807, 2.05) is 0 Å². The van der Waals surface area contributed by atoms with Crippen molar-refractivity contribution in [2.45, 2.75) is 19.1 Å². The molecule has 3 N–H and O–H groups in total. The van der Waals surface area contributed by atoms with Gasteiger partial charge in [-0.15, -0.1) is 0 Å². The number of rotatable bonds is 5. The third-order valence-electron chi connectivity index (χ3n) is 2.91. The fourth-order valence-corrected chi connectivity index (χ4v) is 1.86. The summed E-state index contributed by atoms with van der Waals surface area (Å²) in [4.78, 5) is 16.5. The molecule has 2 unspecified atom stereocenters. The third-order valence-corrected chi connectivity index (χ3v) is 2.91. The van der Waals surface area contributed by atoms with Crippen LogP contribution in [0.5, 0.6) is 0 Å². The molecule has 2 atom stereocenters. The van der Waals surface area contributed by atoms with Gasteiger partial charge in [-0.2, -0.15) is 4.98 Å². The number of hydrogen-bond donors (Lipinski definition) is 2. The molecule has 0 aliphatic rings. The fraction of sp³-hybridized carbons (Fsp3) is 0.500. The first-order chi connectivity index (χ1) is 9.56. The second-order valence-electron chi connectivity index (χ2n) is 4.31. The topological polar surface area (TPSA) is 116 Å². The van der Waals surface area contributed by atoms with Crippen LogP contribution < -0.4 is 5.73 Å². The lowest BCUT2D eigenvalue weighted by molar-refractivity contribution is -0.0538. The number of ether oxygens (including phenoxy) is 2. The summed E-state index contributed by atoms with van der Waals surface area (Å²) in [6, 6.07) is 0. The molecular formula is C12H17N5O3. The Morgan fingerprint density at radius 1 is 1.30 bits per heavy atom. The van der Waals surface area contributed by atoms with E-state index in [0.29, 0.717) is 22.6 Å². The first-order valence-electron chi connectivity index (χ1n) is 6.03. The van der Waals surface area contributed by atoms with Crippen LogP contribution >= 0.6 is 0 Å². The minimum atomic E-state index is -0.950. The van der Waals surface area contributed by atoms with Crippen LogP contribution in [-0.2, 0) is 9.47 Å². The molecule has 0 spiro atoms. The Bertz CT molecular complexity index is 607. The second-order valence-corrected chi connectivity index (χ2v) is 4.31. The minimum Gasteiger partial charge on any atom is -0.384 e. The number of anilines is 1. The largest absolute Gasteiger partial charge is 0.384 e. The number of nitrogen functional groups attached to an aromatic ring is 1. The summed E-state index contributed by atoms with van der Waals surface area (Å²) in [5.41, 5.74) is 7.43. The van der Waals surface area contributed by atoms with Crippen molar-refractivity contribution in [1.82, 2.24) is 19.9 Å². The van der Waals surface area contributed by atoms with Crippen LogP contribution in [0.2, 0.25) is 0 Å². The summed E-state index contributed by atoms with van der Waals surface area (Å²) in [5, 5.41) is 10.2. The second kappa shape index (κ2) is 6.04. The van der Waals surface area contributed by atoms with E-state index in [-0.39, 0.29) is 12.6 Å². The van der Waals surface area contributed by atoms with E-state index >= 15 is 0 Å². The van der Waals surface area contributed by atoms with Gasteiger partial charge in [0.2, 0.25) is 5.95 Å². The SMILES string of the molecule is COCC(OC)C(O)c1cnc2nc(N)nc(C)c2n1. The number of aryl methyl sites for hydroxylation is 1. The molecular weight excluding hydrogens is 262 g/mol. The van der Waals surface area contributed by atoms with Gasteiger partial charge < -0.3 is 20.3 Å². The molecule has 0 aromatic carbocycles. The molecule has 0 aliphatic heterocycles. The first kappa shape index (κ1) is 14.5. The number of nitrogens with zero attached hydrogens (tertiary/aromatic N) is 4. The normalized spacial score (nSPS) is 14.4. The first-order valence-corrected chi connectivity index (χ1v) is 6.03. The monoisotopic (exact) mass is 279 g/mol. The zero-order valence-electron chi connectivity index (χ0n) is 11.6. The summed E-state index contributed by atoms with van der Waals surface area (Å²) in [6.07, 6.45) is -0.0313. The van der Waals surface area contributed by atoms with Gasteiger partial charge in [-0.1, -0.05) is 0 Å². The minimum absolute atomic E-state index is 0.145. The Balaban J connectivity index is 2.40. The van der Waals surface area contributed by atoms with E-state index < -0.39 is 12.2 Å². The van der Waals surface area contributed by atoms with Crippen LogP contribution in [0.15, 0.2) is 6.20 Å². The molecule has 8 nitrogen and oxygen atoms in total. The van der Waals surface area contributed by atoms with E-state index in [9.17, 15) is 5.11 Å². The number of aliphatic hydroxyl groups is 1. The Labute approximate surface area is 116 Å². The van der Waals surface area contributed by atoms with Gasteiger partial charge in [0, 0.05) is 14.2 Å². The maximum atomic E-state index is 10.2. The van der Waals surface area contributed by atoms with Crippen LogP contribution in [0, 0.1) is 6.92 Å². The number of nitrogens with two attached hydrogens (primary N) is 1. The lowest BCUT2D eigenvalue weighted by Gasteiger charge is -2.20.